The minimum atomic E-state index is -2.82. The maximum Gasteiger partial charge on any atom is 0.387 e. The minimum absolute atomic E-state index is 0.149. The zero-order valence-corrected chi connectivity index (χ0v) is 11.5. The largest absolute Gasteiger partial charge is 0.434 e. The Balaban J connectivity index is 1.90. The van der Waals surface area contributed by atoms with Crippen molar-refractivity contribution in [1.29, 1.82) is 0 Å². The molecule has 3 nitrogen and oxygen atoms in total. The van der Waals surface area contributed by atoms with Gasteiger partial charge in [-0.3, -0.25) is 0 Å². The Kier molecular flexibility index (Phi) is 5.73. The second-order valence-electron chi connectivity index (χ2n) is 5.24. The lowest BCUT2D eigenvalue weighted by Gasteiger charge is -2.20. The molecule has 1 saturated carbocycles. The number of hydrogen-bond acceptors (Lipinski definition) is 3. The van der Waals surface area contributed by atoms with E-state index < -0.39 is 6.61 Å². The SMILES string of the molecule is NCC(NCCCC1CC1)c1ccccc1OC(F)F. The average Bonchev–Trinajstić information content (AvgIpc) is 3.24. The highest BCUT2D eigenvalue weighted by Crippen LogP contribution is 2.33. The molecule has 0 spiro atoms. The summed E-state index contributed by atoms with van der Waals surface area (Å²) in [6.07, 6.45) is 5.04. The molecule has 0 heterocycles. The van der Waals surface area contributed by atoms with Gasteiger partial charge in [-0.1, -0.05) is 31.0 Å². The van der Waals surface area contributed by atoms with Crippen molar-refractivity contribution in [3.8, 4) is 5.75 Å². The molecular weight excluding hydrogens is 262 g/mol. The fourth-order valence-corrected chi connectivity index (χ4v) is 2.37. The molecule has 1 fully saturated rings. The molecule has 0 bridgehead atoms. The van der Waals surface area contributed by atoms with Crippen LogP contribution in [-0.4, -0.2) is 19.7 Å². The maximum absolute atomic E-state index is 12.4. The van der Waals surface area contributed by atoms with Crippen molar-refractivity contribution >= 4 is 0 Å². The fraction of sp³-hybridized carbons (Fsp3) is 0.600. The first-order chi connectivity index (χ1) is 9.70. The van der Waals surface area contributed by atoms with Crippen molar-refractivity contribution < 1.29 is 13.5 Å². The number of nitrogens with two attached hydrogens (primary N) is 1. The van der Waals surface area contributed by atoms with Crippen molar-refractivity contribution in [2.24, 2.45) is 11.7 Å². The molecule has 1 aliphatic carbocycles. The number of alkyl halides is 2. The molecule has 1 aromatic carbocycles. The first kappa shape index (κ1) is 15.2. The van der Waals surface area contributed by atoms with E-state index in [2.05, 4.69) is 10.1 Å². The molecule has 112 valence electrons. The highest BCUT2D eigenvalue weighted by atomic mass is 19.3. The second-order valence-corrected chi connectivity index (χ2v) is 5.24. The molecule has 20 heavy (non-hydrogen) atoms. The summed E-state index contributed by atoms with van der Waals surface area (Å²) in [4.78, 5) is 0. The van der Waals surface area contributed by atoms with Crippen LogP contribution in [0.3, 0.4) is 0 Å². The third-order valence-electron chi connectivity index (χ3n) is 3.62. The van der Waals surface area contributed by atoms with E-state index in [0.29, 0.717) is 12.1 Å². The van der Waals surface area contributed by atoms with Crippen molar-refractivity contribution in [2.45, 2.75) is 38.3 Å². The molecule has 0 aliphatic heterocycles. The van der Waals surface area contributed by atoms with Gasteiger partial charge in [0.2, 0.25) is 0 Å². The van der Waals surface area contributed by atoms with Gasteiger partial charge in [-0.25, -0.2) is 0 Å². The van der Waals surface area contributed by atoms with Gasteiger partial charge in [0.1, 0.15) is 5.75 Å². The topological polar surface area (TPSA) is 47.3 Å². The van der Waals surface area contributed by atoms with Crippen molar-refractivity contribution in [3.63, 3.8) is 0 Å². The van der Waals surface area contributed by atoms with E-state index in [1.54, 1.807) is 18.2 Å². The summed E-state index contributed by atoms with van der Waals surface area (Å²) in [6, 6.07) is 6.67. The summed E-state index contributed by atoms with van der Waals surface area (Å²) in [7, 11) is 0. The molecule has 0 radical (unpaired) electrons. The second kappa shape index (κ2) is 7.55. The third kappa shape index (κ3) is 4.72. The van der Waals surface area contributed by atoms with Crippen molar-refractivity contribution in [3.05, 3.63) is 29.8 Å². The normalized spacial score (nSPS) is 16.4. The Labute approximate surface area is 118 Å². The van der Waals surface area contributed by atoms with Gasteiger partial charge in [0, 0.05) is 18.2 Å². The molecule has 1 unspecified atom stereocenters. The molecule has 5 heteroatoms. The van der Waals surface area contributed by atoms with Crippen LogP contribution in [0.2, 0.25) is 0 Å². The number of nitrogens with one attached hydrogen (secondary N) is 1. The smallest absolute Gasteiger partial charge is 0.387 e. The van der Waals surface area contributed by atoms with Crippen molar-refractivity contribution in [1.82, 2.24) is 5.32 Å². The number of hydrogen-bond donors (Lipinski definition) is 2. The monoisotopic (exact) mass is 284 g/mol. The summed E-state index contributed by atoms with van der Waals surface area (Å²) < 4.78 is 29.3. The van der Waals surface area contributed by atoms with Crippen LogP contribution in [0.25, 0.3) is 0 Å². The summed E-state index contributed by atoms with van der Waals surface area (Å²) in [6.45, 7) is -1.61. The van der Waals surface area contributed by atoms with Crippen LogP contribution in [0.5, 0.6) is 5.75 Å². The average molecular weight is 284 g/mol. The highest BCUT2D eigenvalue weighted by Gasteiger charge is 2.21. The lowest BCUT2D eigenvalue weighted by molar-refractivity contribution is -0.0507. The third-order valence-corrected chi connectivity index (χ3v) is 3.62. The van der Waals surface area contributed by atoms with Crippen molar-refractivity contribution in [2.75, 3.05) is 13.1 Å². The van der Waals surface area contributed by atoms with E-state index in [4.69, 9.17) is 5.73 Å². The number of halogens is 2. The minimum Gasteiger partial charge on any atom is -0.434 e. The van der Waals surface area contributed by atoms with Gasteiger partial charge in [0.05, 0.1) is 0 Å². The van der Waals surface area contributed by atoms with Crippen LogP contribution in [-0.2, 0) is 0 Å². The molecule has 1 aromatic rings. The van der Waals surface area contributed by atoms with Gasteiger partial charge >= 0.3 is 6.61 Å². The number of rotatable bonds is 9. The van der Waals surface area contributed by atoms with E-state index in [9.17, 15) is 8.78 Å². The van der Waals surface area contributed by atoms with Crippen LogP contribution in [0.15, 0.2) is 24.3 Å². The summed E-state index contributed by atoms with van der Waals surface area (Å²) in [5.74, 6) is 1.11. The Bertz CT molecular complexity index is 411. The molecule has 1 atom stereocenters. The van der Waals surface area contributed by atoms with E-state index in [1.807, 2.05) is 6.07 Å². The molecular formula is C15H22F2N2O. The van der Waals surface area contributed by atoms with Gasteiger partial charge in [-0.2, -0.15) is 8.78 Å². The predicted octanol–water partition coefficient (Wildman–Crippen LogP) is 3.07. The van der Waals surface area contributed by atoms with Gasteiger partial charge in [-0.15, -0.1) is 0 Å². The fourth-order valence-electron chi connectivity index (χ4n) is 2.37. The lowest BCUT2D eigenvalue weighted by atomic mass is 10.1. The Morgan fingerprint density at radius 1 is 1.30 bits per heavy atom. The zero-order chi connectivity index (χ0) is 14.4. The molecule has 1 aliphatic rings. The van der Waals surface area contributed by atoms with E-state index in [0.717, 1.165) is 18.9 Å². The van der Waals surface area contributed by atoms with Crippen LogP contribution in [0, 0.1) is 5.92 Å². The predicted molar refractivity (Wildman–Crippen MR) is 74.8 cm³/mol. The van der Waals surface area contributed by atoms with Crippen LogP contribution < -0.4 is 15.8 Å². The Morgan fingerprint density at radius 2 is 2.05 bits per heavy atom. The molecule has 0 saturated heterocycles. The summed E-state index contributed by atoms with van der Waals surface area (Å²) in [5.41, 5.74) is 6.45. The van der Waals surface area contributed by atoms with Crippen LogP contribution in [0.1, 0.15) is 37.3 Å². The van der Waals surface area contributed by atoms with Gasteiger partial charge < -0.3 is 15.8 Å². The first-order valence-electron chi connectivity index (χ1n) is 7.18. The Hall–Kier alpha value is -1.20. The molecule has 3 N–H and O–H groups in total. The van der Waals surface area contributed by atoms with Gasteiger partial charge in [0.15, 0.2) is 0 Å². The van der Waals surface area contributed by atoms with Crippen LogP contribution >= 0.6 is 0 Å². The quantitative estimate of drug-likeness (QED) is 0.685. The standard InChI is InChI=1S/C15H22F2N2O/c16-15(17)20-14-6-2-1-5-12(14)13(10-18)19-9-3-4-11-7-8-11/h1-2,5-6,11,13,15,19H,3-4,7-10,18H2. The number of benzene rings is 1. The lowest BCUT2D eigenvalue weighted by Crippen LogP contribution is -2.29. The molecule has 2 rings (SSSR count). The van der Waals surface area contributed by atoms with E-state index in [-0.39, 0.29) is 11.8 Å². The van der Waals surface area contributed by atoms with Gasteiger partial charge in [-0.05, 0) is 31.4 Å². The summed E-state index contributed by atoms with van der Waals surface area (Å²) in [5, 5.41) is 3.33. The Morgan fingerprint density at radius 3 is 2.70 bits per heavy atom. The van der Waals surface area contributed by atoms with Crippen LogP contribution in [0.4, 0.5) is 8.78 Å². The maximum atomic E-state index is 12.4. The number of para-hydroxylation sites is 1. The first-order valence-corrected chi connectivity index (χ1v) is 7.18. The van der Waals surface area contributed by atoms with Gasteiger partial charge in [0.25, 0.3) is 0 Å². The van der Waals surface area contributed by atoms with E-state index in [1.165, 1.54) is 19.3 Å². The zero-order valence-electron chi connectivity index (χ0n) is 11.5. The number of ether oxygens (including phenoxy) is 1. The highest BCUT2D eigenvalue weighted by molar-refractivity contribution is 5.36. The van der Waals surface area contributed by atoms with E-state index >= 15 is 0 Å². The molecule has 0 aromatic heterocycles. The molecule has 0 amide bonds. The summed E-state index contributed by atoms with van der Waals surface area (Å²) >= 11 is 0.